The molecule has 2 saturated heterocycles. The number of rotatable bonds is 4. The molecule has 138 valence electrons. The van der Waals surface area contributed by atoms with Gasteiger partial charge < -0.3 is 9.47 Å². The maximum Gasteiger partial charge on any atom is 0.327 e. The molecule has 2 aliphatic heterocycles. The Morgan fingerprint density at radius 3 is 2.58 bits per heavy atom. The van der Waals surface area contributed by atoms with Crippen LogP contribution in [0.25, 0.3) is 0 Å². The van der Waals surface area contributed by atoms with Crippen molar-refractivity contribution >= 4 is 23.8 Å². The summed E-state index contributed by atoms with van der Waals surface area (Å²) in [4.78, 5) is 55.2. The first kappa shape index (κ1) is 18.0. The monoisotopic (exact) mass is 361 g/mol. The minimum Gasteiger partial charge on any atom is -0.469 e. The van der Waals surface area contributed by atoms with Crippen molar-refractivity contribution in [2.24, 2.45) is 11.8 Å². The van der Waals surface area contributed by atoms with Crippen molar-refractivity contribution in [1.82, 2.24) is 15.2 Å². The summed E-state index contributed by atoms with van der Waals surface area (Å²) in [5.41, 5.74) is -1.06. The van der Waals surface area contributed by atoms with Crippen LogP contribution in [-0.4, -0.2) is 60.4 Å². The maximum absolute atomic E-state index is 12.8. The summed E-state index contributed by atoms with van der Waals surface area (Å²) in [5.74, 6) is -4.36. The van der Waals surface area contributed by atoms with Gasteiger partial charge in [0.2, 0.25) is 11.8 Å². The molecule has 3 heterocycles. The molecule has 4 atom stereocenters. The van der Waals surface area contributed by atoms with E-state index in [1.54, 1.807) is 24.5 Å². The standard InChI is InChI=1S/C17H19N3O6/c1-20-14(22)11-12(15(20)23)17(16(24)26-3,7-10(21)25-2)19-13(11)9-5-4-6-18-8-9/h4-6,8,11-13,19H,7H2,1-3H3/t11-,12-,13-,17-/m0/s1. The van der Waals surface area contributed by atoms with Crippen LogP contribution < -0.4 is 5.32 Å². The van der Waals surface area contributed by atoms with Gasteiger partial charge >= 0.3 is 11.9 Å². The Morgan fingerprint density at radius 2 is 2.00 bits per heavy atom. The second-order valence-corrected chi connectivity index (χ2v) is 6.36. The van der Waals surface area contributed by atoms with E-state index in [0.29, 0.717) is 5.56 Å². The molecule has 1 aromatic rings. The van der Waals surface area contributed by atoms with E-state index in [9.17, 15) is 19.2 Å². The molecule has 0 unspecified atom stereocenters. The lowest BCUT2D eigenvalue weighted by molar-refractivity contribution is -0.159. The molecule has 2 aliphatic rings. The van der Waals surface area contributed by atoms with Gasteiger partial charge in [0.05, 0.1) is 32.5 Å². The van der Waals surface area contributed by atoms with Crippen LogP contribution in [0.3, 0.4) is 0 Å². The number of nitrogens with zero attached hydrogens (tertiary/aromatic N) is 2. The lowest BCUT2D eigenvalue weighted by Crippen LogP contribution is -2.57. The van der Waals surface area contributed by atoms with Gasteiger partial charge in [-0.3, -0.25) is 34.4 Å². The van der Waals surface area contributed by atoms with E-state index in [1.165, 1.54) is 21.3 Å². The quantitative estimate of drug-likeness (QED) is 0.560. The zero-order valence-corrected chi connectivity index (χ0v) is 14.6. The number of ether oxygens (including phenoxy) is 2. The first-order valence-electron chi connectivity index (χ1n) is 8.01. The molecule has 2 fully saturated rings. The van der Waals surface area contributed by atoms with Crippen molar-refractivity contribution in [2.75, 3.05) is 21.3 Å². The number of hydrogen-bond donors (Lipinski definition) is 1. The molecule has 3 rings (SSSR count). The van der Waals surface area contributed by atoms with Crippen molar-refractivity contribution in [2.45, 2.75) is 18.0 Å². The normalized spacial score (nSPS) is 30.3. The fourth-order valence-electron chi connectivity index (χ4n) is 3.90. The van der Waals surface area contributed by atoms with Gasteiger partial charge in [0.25, 0.3) is 0 Å². The van der Waals surface area contributed by atoms with Crippen LogP contribution in [0.1, 0.15) is 18.0 Å². The Hall–Kier alpha value is -2.81. The van der Waals surface area contributed by atoms with Crippen molar-refractivity contribution in [1.29, 1.82) is 0 Å². The van der Waals surface area contributed by atoms with Gasteiger partial charge in [-0.1, -0.05) is 6.07 Å². The van der Waals surface area contributed by atoms with Crippen molar-refractivity contribution in [3.63, 3.8) is 0 Å². The lowest BCUT2D eigenvalue weighted by atomic mass is 9.77. The average Bonchev–Trinajstić information content (AvgIpc) is 3.12. The Labute approximate surface area is 149 Å². The minimum absolute atomic E-state index is 0.419. The number of carbonyl (C=O) groups is 4. The molecule has 0 saturated carbocycles. The second kappa shape index (κ2) is 6.49. The maximum atomic E-state index is 12.8. The molecule has 1 aromatic heterocycles. The van der Waals surface area contributed by atoms with E-state index >= 15 is 0 Å². The van der Waals surface area contributed by atoms with Crippen molar-refractivity contribution < 1.29 is 28.7 Å². The van der Waals surface area contributed by atoms with E-state index in [1.807, 2.05) is 0 Å². The number of aromatic nitrogens is 1. The van der Waals surface area contributed by atoms with Crippen molar-refractivity contribution in [3.05, 3.63) is 30.1 Å². The molecule has 2 amide bonds. The van der Waals surface area contributed by atoms with Crippen LogP contribution in [-0.2, 0) is 28.7 Å². The van der Waals surface area contributed by atoms with Crippen LogP contribution in [0.5, 0.6) is 0 Å². The summed E-state index contributed by atoms with van der Waals surface area (Å²) in [5, 5.41) is 3.04. The molecule has 26 heavy (non-hydrogen) atoms. The lowest BCUT2D eigenvalue weighted by Gasteiger charge is -2.30. The largest absolute Gasteiger partial charge is 0.469 e. The summed E-state index contributed by atoms with van der Waals surface area (Å²) < 4.78 is 9.59. The summed E-state index contributed by atoms with van der Waals surface area (Å²) in [6, 6.07) is 2.76. The minimum atomic E-state index is -1.69. The average molecular weight is 361 g/mol. The van der Waals surface area contributed by atoms with Crippen LogP contribution in [0.4, 0.5) is 0 Å². The van der Waals surface area contributed by atoms with Crippen LogP contribution >= 0.6 is 0 Å². The molecule has 0 radical (unpaired) electrons. The third-order valence-electron chi connectivity index (χ3n) is 5.12. The van der Waals surface area contributed by atoms with Gasteiger partial charge in [0.15, 0.2) is 0 Å². The molecule has 0 aliphatic carbocycles. The van der Waals surface area contributed by atoms with Crippen LogP contribution in [0.15, 0.2) is 24.5 Å². The third-order valence-corrected chi connectivity index (χ3v) is 5.12. The number of imide groups is 1. The number of esters is 2. The first-order chi connectivity index (χ1) is 12.4. The molecule has 1 N–H and O–H groups in total. The highest BCUT2D eigenvalue weighted by Gasteiger charge is 2.68. The van der Waals surface area contributed by atoms with Gasteiger partial charge in [0.1, 0.15) is 5.54 Å². The SMILES string of the molecule is COC(=O)C[C@]1(C(=O)OC)N[C@@H](c2cccnc2)[C@H]2C(=O)N(C)C(=O)[C@H]21. The highest BCUT2D eigenvalue weighted by atomic mass is 16.5. The van der Waals surface area contributed by atoms with Gasteiger partial charge in [-0.05, 0) is 11.6 Å². The zero-order chi connectivity index (χ0) is 19.1. The number of fused-ring (bicyclic) bond motifs is 1. The Kier molecular flexibility index (Phi) is 4.49. The van der Waals surface area contributed by atoms with E-state index in [-0.39, 0.29) is 0 Å². The van der Waals surface area contributed by atoms with Gasteiger partial charge in [-0.25, -0.2) is 0 Å². The van der Waals surface area contributed by atoms with Crippen LogP contribution in [0.2, 0.25) is 0 Å². The Bertz CT molecular complexity index is 767. The molecule has 9 nitrogen and oxygen atoms in total. The topological polar surface area (TPSA) is 115 Å². The molecule has 0 aromatic carbocycles. The third kappa shape index (κ3) is 2.47. The number of hydrogen-bond acceptors (Lipinski definition) is 8. The summed E-state index contributed by atoms with van der Waals surface area (Å²) in [6.07, 6.45) is 2.70. The van der Waals surface area contributed by atoms with Gasteiger partial charge in [0, 0.05) is 25.5 Å². The predicted molar refractivity (Wildman–Crippen MR) is 86.3 cm³/mol. The molecular weight excluding hydrogens is 342 g/mol. The molecule has 9 heteroatoms. The van der Waals surface area contributed by atoms with Crippen molar-refractivity contribution in [3.8, 4) is 0 Å². The zero-order valence-electron chi connectivity index (χ0n) is 14.6. The highest BCUT2D eigenvalue weighted by Crippen LogP contribution is 2.50. The van der Waals surface area contributed by atoms with E-state index < -0.39 is 53.6 Å². The molecule has 0 spiro atoms. The summed E-state index contributed by atoms with van der Waals surface area (Å²) in [6.45, 7) is 0. The number of pyridine rings is 1. The first-order valence-corrected chi connectivity index (χ1v) is 8.01. The van der Waals surface area contributed by atoms with E-state index in [4.69, 9.17) is 9.47 Å². The number of likely N-dealkylation sites (tertiary alicyclic amines) is 1. The molecular formula is C17H19N3O6. The van der Waals surface area contributed by atoms with E-state index in [0.717, 1.165) is 4.90 Å². The number of amides is 2. The summed E-state index contributed by atoms with van der Waals surface area (Å²) in [7, 11) is 3.72. The summed E-state index contributed by atoms with van der Waals surface area (Å²) >= 11 is 0. The fraction of sp³-hybridized carbons (Fsp3) is 0.471. The van der Waals surface area contributed by atoms with Crippen LogP contribution in [0, 0.1) is 11.8 Å². The fourth-order valence-corrected chi connectivity index (χ4v) is 3.90. The number of nitrogens with one attached hydrogen (secondary N) is 1. The Balaban J connectivity index is 2.15. The van der Waals surface area contributed by atoms with E-state index in [2.05, 4.69) is 10.3 Å². The molecule has 0 bridgehead atoms. The van der Waals surface area contributed by atoms with Gasteiger partial charge in [-0.15, -0.1) is 0 Å². The smallest absolute Gasteiger partial charge is 0.327 e. The Morgan fingerprint density at radius 1 is 1.27 bits per heavy atom. The number of methoxy groups -OCH3 is 2. The number of carbonyl (C=O) groups excluding carboxylic acids is 4. The van der Waals surface area contributed by atoms with Gasteiger partial charge in [-0.2, -0.15) is 0 Å². The second-order valence-electron chi connectivity index (χ2n) is 6.36. The highest BCUT2D eigenvalue weighted by molar-refractivity contribution is 6.10. The predicted octanol–water partition coefficient (Wildman–Crippen LogP) is -0.568.